The molecule has 1 amide bonds. The highest BCUT2D eigenvalue weighted by molar-refractivity contribution is 6.31. The second kappa shape index (κ2) is 7.12. The summed E-state index contributed by atoms with van der Waals surface area (Å²) in [6.45, 7) is 3.71. The van der Waals surface area contributed by atoms with Crippen molar-refractivity contribution in [3.05, 3.63) is 23.0 Å². The number of aliphatic carboxylic acids is 2. The molecule has 0 aromatic carbocycles. The van der Waals surface area contributed by atoms with E-state index in [9.17, 15) is 14.4 Å². The maximum Gasteiger partial charge on any atom is 0.326 e. The smallest absolute Gasteiger partial charge is 0.326 e. The largest absolute Gasteiger partial charge is 0.481 e. The van der Waals surface area contributed by atoms with Crippen LogP contribution in [0.1, 0.15) is 43.2 Å². The Morgan fingerprint density at radius 2 is 1.95 bits per heavy atom. The van der Waals surface area contributed by atoms with Crippen LogP contribution in [-0.2, 0) is 9.59 Å². The SMILES string of the molecule is CC(C)n1cc(Cl)cc1C(=O)N[C@@H](CCC(=O)O)C(=O)O. The van der Waals surface area contributed by atoms with Crippen LogP contribution in [0.2, 0.25) is 5.02 Å². The fraction of sp³-hybridized carbons (Fsp3) is 0.462. The molecule has 0 fully saturated rings. The van der Waals surface area contributed by atoms with Gasteiger partial charge < -0.3 is 20.1 Å². The van der Waals surface area contributed by atoms with Crippen molar-refractivity contribution in [2.24, 2.45) is 0 Å². The molecule has 0 saturated heterocycles. The van der Waals surface area contributed by atoms with Gasteiger partial charge in [0.05, 0.1) is 5.02 Å². The quantitative estimate of drug-likeness (QED) is 0.710. The topological polar surface area (TPSA) is 109 Å². The molecule has 0 radical (unpaired) electrons. The Labute approximate surface area is 126 Å². The normalized spacial score (nSPS) is 12.2. The number of halogens is 1. The number of amides is 1. The fourth-order valence-corrected chi connectivity index (χ4v) is 2.02. The summed E-state index contributed by atoms with van der Waals surface area (Å²) in [5, 5.41) is 20.3. The molecule has 3 N–H and O–H groups in total. The van der Waals surface area contributed by atoms with Gasteiger partial charge in [0.2, 0.25) is 0 Å². The molecule has 21 heavy (non-hydrogen) atoms. The molecule has 7 nitrogen and oxygen atoms in total. The van der Waals surface area contributed by atoms with E-state index in [2.05, 4.69) is 5.32 Å². The van der Waals surface area contributed by atoms with Gasteiger partial charge in [-0.05, 0) is 26.3 Å². The van der Waals surface area contributed by atoms with Crippen molar-refractivity contribution in [3.63, 3.8) is 0 Å². The number of carbonyl (C=O) groups excluding carboxylic acids is 1. The first-order valence-corrected chi connectivity index (χ1v) is 6.73. The van der Waals surface area contributed by atoms with Crippen molar-refractivity contribution >= 4 is 29.4 Å². The van der Waals surface area contributed by atoms with Crippen molar-refractivity contribution in [2.75, 3.05) is 0 Å². The van der Waals surface area contributed by atoms with Gasteiger partial charge in [-0.15, -0.1) is 0 Å². The molecule has 116 valence electrons. The monoisotopic (exact) mass is 316 g/mol. The summed E-state index contributed by atoms with van der Waals surface area (Å²) in [5.41, 5.74) is 0.233. The second-order valence-electron chi connectivity index (χ2n) is 4.84. The minimum Gasteiger partial charge on any atom is -0.481 e. The summed E-state index contributed by atoms with van der Waals surface area (Å²) in [6.07, 6.45) is 1.05. The first kappa shape index (κ1) is 17.0. The molecule has 0 bridgehead atoms. The van der Waals surface area contributed by atoms with Crippen molar-refractivity contribution in [3.8, 4) is 0 Å². The summed E-state index contributed by atoms with van der Waals surface area (Å²) in [7, 11) is 0. The summed E-state index contributed by atoms with van der Waals surface area (Å²) in [6, 6.07) is 0.149. The fourth-order valence-electron chi connectivity index (χ4n) is 1.81. The van der Waals surface area contributed by atoms with Crippen LogP contribution in [0.5, 0.6) is 0 Å². The Kier molecular flexibility index (Phi) is 5.78. The van der Waals surface area contributed by atoms with Crippen molar-refractivity contribution in [1.29, 1.82) is 0 Å². The number of hydrogen-bond donors (Lipinski definition) is 3. The highest BCUT2D eigenvalue weighted by Gasteiger charge is 2.23. The lowest BCUT2D eigenvalue weighted by atomic mass is 10.1. The van der Waals surface area contributed by atoms with Crippen molar-refractivity contribution in [1.82, 2.24) is 9.88 Å². The Hall–Kier alpha value is -2.02. The van der Waals surface area contributed by atoms with Gasteiger partial charge in [-0.1, -0.05) is 11.6 Å². The molecular weight excluding hydrogens is 300 g/mol. The number of rotatable bonds is 7. The number of hydrogen-bond acceptors (Lipinski definition) is 3. The minimum atomic E-state index is -1.28. The van der Waals surface area contributed by atoms with Crippen LogP contribution in [-0.4, -0.2) is 38.7 Å². The first-order valence-electron chi connectivity index (χ1n) is 6.35. The van der Waals surface area contributed by atoms with Gasteiger partial charge in [0.15, 0.2) is 0 Å². The molecule has 0 saturated carbocycles. The van der Waals surface area contributed by atoms with Gasteiger partial charge in [-0.25, -0.2) is 4.79 Å². The third kappa shape index (κ3) is 4.78. The number of carbonyl (C=O) groups is 3. The predicted octanol–water partition coefficient (Wildman–Crippen LogP) is 1.77. The van der Waals surface area contributed by atoms with Gasteiger partial charge in [0.25, 0.3) is 5.91 Å². The van der Waals surface area contributed by atoms with Crippen LogP contribution in [0.4, 0.5) is 0 Å². The zero-order valence-corrected chi connectivity index (χ0v) is 12.4. The molecule has 0 aliphatic carbocycles. The molecule has 1 heterocycles. The van der Waals surface area contributed by atoms with E-state index in [1.807, 2.05) is 13.8 Å². The molecule has 1 aromatic rings. The average molecular weight is 317 g/mol. The molecular formula is C13H17ClN2O5. The van der Waals surface area contributed by atoms with Gasteiger partial charge in [0.1, 0.15) is 11.7 Å². The van der Waals surface area contributed by atoms with E-state index in [1.165, 1.54) is 6.07 Å². The van der Waals surface area contributed by atoms with Crippen LogP contribution in [0, 0.1) is 0 Å². The molecule has 0 spiro atoms. The van der Waals surface area contributed by atoms with E-state index < -0.39 is 23.9 Å². The summed E-state index contributed by atoms with van der Waals surface area (Å²) >= 11 is 5.86. The maximum absolute atomic E-state index is 12.1. The van der Waals surface area contributed by atoms with E-state index in [0.29, 0.717) is 5.02 Å². The number of nitrogens with zero attached hydrogens (tertiary/aromatic N) is 1. The molecule has 1 atom stereocenters. The Morgan fingerprint density at radius 1 is 1.33 bits per heavy atom. The van der Waals surface area contributed by atoms with Crippen LogP contribution < -0.4 is 5.32 Å². The number of carboxylic acids is 2. The third-order valence-corrected chi connectivity index (χ3v) is 3.06. The van der Waals surface area contributed by atoms with Gasteiger partial charge in [-0.2, -0.15) is 0 Å². The van der Waals surface area contributed by atoms with Crippen LogP contribution in [0.3, 0.4) is 0 Å². The number of nitrogens with one attached hydrogen (secondary N) is 1. The molecule has 1 rings (SSSR count). The second-order valence-corrected chi connectivity index (χ2v) is 5.28. The van der Waals surface area contributed by atoms with Gasteiger partial charge >= 0.3 is 11.9 Å². The Balaban J connectivity index is 2.87. The van der Waals surface area contributed by atoms with Crippen LogP contribution in [0.15, 0.2) is 12.3 Å². The zero-order chi connectivity index (χ0) is 16.2. The lowest BCUT2D eigenvalue weighted by Gasteiger charge is -2.16. The minimum absolute atomic E-state index is 0.0273. The van der Waals surface area contributed by atoms with Crippen LogP contribution in [0.25, 0.3) is 0 Å². The third-order valence-electron chi connectivity index (χ3n) is 2.85. The van der Waals surface area contributed by atoms with Crippen LogP contribution >= 0.6 is 11.6 Å². The van der Waals surface area contributed by atoms with Gasteiger partial charge in [-0.3, -0.25) is 9.59 Å². The summed E-state index contributed by atoms with van der Waals surface area (Å²) < 4.78 is 1.62. The zero-order valence-electron chi connectivity index (χ0n) is 11.7. The summed E-state index contributed by atoms with van der Waals surface area (Å²) in [4.78, 5) is 33.7. The lowest BCUT2D eigenvalue weighted by Crippen LogP contribution is -2.41. The van der Waals surface area contributed by atoms with Crippen molar-refractivity contribution < 1.29 is 24.6 Å². The maximum atomic E-state index is 12.1. The average Bonchev–Trinajstić information content (AvgIpc) is 2.76. The van der Waals surface area contributed by atoms with E-state index >= 15 is 0 Å². The predicted molar refractivity (Wildman–Crippen MR) is 75.6 cm³/mol. The highest BCUT2D eigenvalue weighted by Crippen LogP contribution is 2.19. The molecule has 1 aromatic heterocycles. The van der Waals surface area contributed by atoms with E-state index in [4.69, 9.17) is 21.8 Å². The standard InChI is InChI=1S/C13H17ClN2O5/c1-7(2)16-6-8(14)5-10(16)12(19)15-9(13(20)21)3-4-11(17)18/h5-7,9H,3-4H2,1-2H3,(H,15,19)(H,17,18)(H,20,21)/t9-/m0/s1. The molecule has 8 heteroatoms. The Morgan fingerprint density at radius 3 is 2.43 bits per heavy atom. The van der Waals surface area contributed by atoms with Crippen molar-refractivity contribution in [2.45, 2.75) is 38.8 Å². The molecule has 0 aliphatic heterocycles. The van der Waals surface area contributed by atoms with E-state index in [1.54, 1.807) is 10.8 Å². The molecule has 0 unspecified atom stereocenters. The number of aromatic nitrogens is 1. The first-order chi connectivity index (χ1) is 9.72. The highest BCUT2D eigenvalue weighted by atomic mass is 35.5. The number of carboxylic acid groups (broad SMARTS) is 2. The lowest BCUT2D eigenvalue weighted by molar-refractivity contribution is -0.140. The summed E-state index contributed by atoms with van der Waals surface area (Å²) in [5.74, 6) is -3.00. The van der Waals surface area contributed by atoms with Gasteiger partial charge in [0, 0.05) is 18.7 Å². The Bertz CT molecular complexity index is 553. The molecule has 0 aliphatic rings. The van der Waals surface area contributed by atoms with E-state index in [0.717, 1.165) is 0 Å². The van der Waals surface area contributed by atoms with E-state index in [-0.39, 0.29) is 24.6 Å².